The Hall–Kier alpha value is -1.14. The lowest BCUT2D eigenvalue weighted by Crippen LogP contribution is -2.32. The highest BCUT2D eigenvalue weighted by molar-refractivity contribution is 7.89. The van der Waals surface area contributed by atoms with Crippen LogP contribution in [0.15, 0.2) is 23.1 Å². The molecule has 4 nitrogen and oxygen atoms in total. The second kappa shape index (κ2) is 5.46. The van der Waals surface area contributed by atoms with Crippen molar-refractivity contribution in [1.29, 1.82) is 0 Å². The molecule has 1 N–H and O–H groups in total. The quantitative estimate of drug-likeness (QED) is 0.881. The number of nitrogens with one attached hydrogen (secondary N) is 1. The van der Waals surface area contributed by atoms with Crippen LogP contribution in [0.1, 0.15) is 20.3 Å². The molecular formula is C11H16FNO3S. The molecule has 0 aliphatic carbocycles. The van der Waals surface area contributed by atoms with E-state index in [1.165, 1.54) is 19.2 Å². The molecule has 0 fully saturated rings. The van der Waals surface area contributed by atoms with Gasteiger partial charge in [0.15, 0.2) is 11.6 Å². The normalized spacial score (nSPS) is 13.4. The Balaban J connectivity index is 3.04. The van der Waals surface area contributed by atoms with Gasteiger partial charge in [-0.25, -0.2) is 17.5 Å². The number of hydrogen-bond acceptors (Lipinski definition) is 3. The van der Waals surface area contributed by atoms with Gasteiger partial charge in [0.05, 0.1) is 12.0 Å². The Bertz CT molecular complexity index is 487. The van der Waals surface area contributed by atoms with Crippen LogP contribution in [-0.4, -0.2) is 21.6 Å². The van der Waals surface area contributed by atoms with Crippen LogP contribution >= 0.6 is 0 Å². The van der Waals surface area contributed by atoms with Gasteiger partial charge in [0.2, 0.25) is 10.0 Å². The van der Waals surface area contributed by atoms with Gasteiger partial charge in [0.1, 0.15) is 0 Å². The van der Waals surface area contributed by atoms with Crippen molar-refractivity contribution < 1.29 is 17.5 Å². The molecule has 0 bridgehead atoms. The van der Waals surface area contributed by atoms with Crippen molar-refractivity contribution in [1.82, 2.24) is 4.72 Å². The van der Waals surface area contributed by atoms with E-state index >= 15 is 0 Å². The van der Waals surface area contributed by atoms with Gasteiger partial charge in [0, 0.05) is 6.04 Å². The second-order valence-electron chi connectivity index (χ2n) is 3.73. The fraction of sp³-hybridized carbons (Fsp3) is 0.455. The summed E-state index contributed by atoms with van der Waals surface area (Å²) in [5.41, 5.74) is 0. The van der Waals surface area contributed by atoms with Crippen LogP contribution < -0.4 is 9.46 Å². The third-order valence-electron chi connectivity index (χ3n) is 2.40. The van der Waals surface area contributed by atoms with Crippen molar-refractivity contribution in [2.75, 3.05) is 7.11 Å². The van der Waals surface area contributed by atoms with Crippen LogP contribution in [0.4, 0.5) is 4.39 Å². The molecule has 0 aromatic heterocycles. The number of methoxy groups -OCH3 is 1. The first-order chi connectivity index (χ1) is 7.90. The molecule has 17 heavy (non-hydrogen) atoms. The van der Waals surface area contributed by atoms with Gasteiger partial charge in [-0.3, -0.25) is 0 Å². The highest BCUT2D eigenvalue weighted by Gasteiger charge is 2.18. The van der Waals surface area contributed by atoms with E-state index < -0.39 is 15.8 Å². The zero-order chi connectivity index (χ0) is 13.1. The molecule has 96 valence electrons. The van der Waals surface area contributed by atoms with Gasteiger partial charge < -0.3 is 4.74 Å². The molecule has 1 atom stereocenters. The van der Waals surface area contributed by atoms with Crippen molar-refractivity contribution in [3.63, 3.8) is 0 Å². The van der Waals surface area contributed by atoms with Gasteiger partial charge in [0.25, 0.3) is 0 Å². The van der Waals surface area contributed by atoms with Gasteiger partial charge >= 0.3 is 0 Å². The van der Waals surface area contributed by atoms with Crippen LogP contribution in [0.3, 0.4) is 0 Å². The summed E-state index contributed by atoms with van der Waals surface area (Å²) >= 11 is 0. The summed E-state index contributed by atoms with van der Waals surface area (Å²) in [5, 5.41) is 0. The third-order valence-corrected chi connectivity index (χ3v) is 3.99. The predicted octanol–water partition coefficient (Wildman–Crippen LogP) is 1.91. The zero-order valence-corrected chi connectivity index (χ0v) is 10.8. The molecule has 1 aromatic carbocycles. The lowest BCUT2D eigenvalue weighted by molar-refractivity contribution is 0.385. The highest BCUT2D eigenvalue weighted by atomic mass is 32.2. The molecule has 1 aromatic rings. The molecule has 0 spiro atoms. The maximum atomic E-state index is 13.4. The molecule has 0 radical (unpaired) electrons. The maximum absolute atomic E-state index is 13.4. The number of sulfonamides is 1. The molecule has 0 saturated carbocycles. The van der Waals surface area contributed by atoms with Gasteiger partial charge in [-0.15, -0.1) is 0 Å². The number of halogens is 1. The summed E-state index contributed by atoms with van der Waals surface area (Å²) in [5.74, 6) is -0.674. The standard InChI is InChI=1S/C11H16FNO3S/c1-4-8(2)13-17(14,15)9-5-6-11(16-3)10(12)7-9/h5-8,13H,4H2,1-3H3/t8-/m1/s1. The molecule has 0 saturated heterocycles. The minimum absolute atomic E-state index is 0.0208. The van der Waals surface area contributed by atoms with E-state index in [-0.39, 0.29) is 16.7 Å². The fourth-order valence-corrected chi connectivity index (χ4v) is 2.57. The van der Waals surface area contributed by atoms with Crippen LogP contribution in [0, 0.1) is 5.82 Å². The molecule has 0 amide bonds. The van der Waals surface area contributed by atoms with E-state index in [9.17, 15) is 12.8 Å². The van der Waals surface area contributed by atoms with Crippen molar-refractivity contribution >= 4 is 10.0 Å². The Morgan fingerprint density at radius 1 is 1.47 bits per heavy atom. The van der Waals surface area contributed by atoms with Crippen LogP contribution in [-0.2, 0) is 10.0 Å². The predicted molar refractivity (Wildman–Crippen MR) is 63.0 cm³/mol. The lowest BCUT2D eigenvalue weighted by Gasteiger charge is -2.12. The third kappa shape index (κ3) is 3.41. The van der Waals surface area contributed by atoms with Crippen LogP contribution in [0.5, 0.6) is 5.75 Å². The molecule has 0 aliphatic rings. The minimum atomic E-state index is -3.66. The summed E-state index contributed by atoms with van der Waals surface area (Å²) in [6, 6.07) is 3.36. The number of benzene rings is 1. The first-order valence-corrected chi connectivity index (χ1v) is 6.75. The molecule has 0 heterocycles. The molecule has 6 heteroatoms. The molecule has 0 unspecified atom stereocenters. The van der Waals surface area contributed by atoms with Crippen molar-refractivity contribution in [3.05, 3.63) is 24.0 Å². The minimum Gasteiger partial charge on any atom is -0.494 e. The monoisotopic (exact) mass is 261 g/mol. The van der Waals surface area contributed by atoms with Gasteiger partial charge in [-0.1, -0.05) is 6.92 Å². The summed E-state index contributed by atoms with van der Waals surface area (Å²) in [7, 11) is -2.34. The van der Waals surface area contributed by atoms with E-state index in [0.717, 1.165) is 6.07 Å². The highest BCUT2D eigenvalue weighted by Crippen LogP contribution is 2.20. The zero-order valence-electron chi connectivity index (χ0n) is 10.0. The Kier molecular flexibility index (Phi) is 4.47. The van der Waals surface area contributed by atoms with Gasteiger partial charge in [-0.2, -0.15) is 0 Å². The number of ether oxygens (including phenoxy) is 1. The molecule has 1 rings (SSSR count). The molecule has 0 aliphatic heterocycles. The smallest absolute Gasteiger partial charge is 0.240 e. The first-order valence-electron chi connectivity index (χ1n) is 5.26. The molecular weight excluding hydrogens is 245 g/mol. The largest absolute Gasteiger partial charge is 0.494 e. The van der Waals surface area contributed by atoms with E-state index in [2.05, 4.69) is 4.72 Å². The van der Waals surface area contributed by atoms with E-state index in [1.807, 2.05) is 6.92 Å². The fourth-order valence-electron chi connectivity index (χ4n) is 1.23. The van der Waals surface area contributed by atoms with E-state index in [0.29, 0.717) is 6.42 Å². The van der Waals surface area contributed by atoms with Crippen LogP contribution in [0.2, 0.25) is 0 Å². The van der Waals surface area contributed by atoms with Gasteiger partial charge in [-0.05, 0) is 31.5 Å². The summed E-state index contributed by atoms with van der Waals surface area (Å²) < 4.78 is 44.2. The van der Waals surface area contributed by atoms with Crippen LogP contribution in [0.25, 0.3) is 0 Å². The van der Waals surface area contributed by atoms with Crippen molar-refractivity contribution in [2.45, 2.75) is 31.2 Å². The van der Waals surface area contributed by atoms with Crippen molar-refractivity contribution in [3.8, 4) is 5.75 Å². The summed E-state index contributed by atoms with van der Waals surface area (Å²) in [6.07, 6.45) is 0.665. The van der Waals surface area contributed by atoms with Crippen molar-refractivity contribution in [2.24, 2.45) is 0 Å². The maximum Gasteiger partial charge on any atom is 0.240 e. The average Bonchev–Trinajstić information content (AvgIpc) is 2.28. The van der Waals surface area contributed by atoms with E-state index in [1.54, 1.807) is 6.92 Å². The van der Waals surface area contributed by atoms with E-state index in [4.69, 9.17) is 4.74 Å². The first kappa shape index (κ1) is 13.9. The lowest BCUT2D eigenvalue weighted by atomic mass is 10.3. The Morgan fingerprint density at radius 3 is 2.59 bits per heavy atom. The summed E-state index contributed by atoms with van der Waals surface area (Å²) in [6.45, 7) is 3.61. The number of rotatable bonds is 5. The Morgan fingerprint density at radius 2 is 2.12 bits per heavy atom. The topological polar surface area (TPSA) is 55.4 Å². The second-order valence-corrected chi connectivity index (χ2v) is 5.44. The average molecular weight is 261 g/mol. The number of hydrogen-bond donors (Lipinski definition) is 1. The SMILES string of the molecule is CC[C@@H](C)NS(=O)(=O)c1ccc(OC)c(F)c1. The Labute approximate surface area is 101 Å². The summed E-state index contributed by atoms with van der Waals surface area (Å²) in [4.78, 5) is -0.101.